The Hall–Kier alpha value is -2.75. The molecule has 0 unspecified atom stereocenters. The van der Waals surface area contributed by atoms with Gasteiger partial charge in [0, 0.05) is 6.92 Å². The average molecular weight is 406 g/mol. The van der Waals surface area contributed by atoms with Crippen LogP contribution < -0.4 is 15.2 Å². The molecule has 1 aromatic heterocycles. The van der Waals surface area contributed by atoms with Crippen molar-refractivity contribution in [3.63, 3.8) is 0 Å². The summed E-state index contributed by atoms with van der Waals surface area (Å²) in [4.78, 5) is 19.7. The van der Waals surface area contributed by atoms with Crippen molar-refractivity contribution in [2.45, 2.75) is 12.8 Å². The summed E-state index contributed by atoms with van der Waals surface area (Å²) in [6, 6.07) is 2.58. The second-order valence-corrected chi connectivity index (χ2v) is 5.81. The molecule has 0 aliphatic rings. The number of alkyl halides is 2. The third-order valence-electron chi connectivity index (χ3n) is 3.23. The highest BCUT2D eigenvalue weighted by molar-refractivity contribution is 6.32. The zero-order chi connectivity index (χ0) is 20.4. The van der Waals surface area contributed by atoms with Crippen molar-refractivity contribution in [1.82, 2.24) is 9.97 Å². The van der Waals surface area contributed by atoms with E-state index in [4.69, 9.17) is 26.8 Å². The van der Waals surface area contributed by atoms with Gasteiger partial charge in [-0.2, -0.15) is 0 Å². The Kier molecular flexibility index (Phi) is 5.99. The van der Waals surface area contributed by atoms with Crippen LogP contribution in [0.25, 0.3) is 11.4 Å². The monoisotopic (exact) mass is 405 g/mol. The van der Waals surface area contributed by atoms with Crippen LogP contribution in [0.4, 0.5) is 19.0 Å². The molecule has 11 heteroatoms. The summed E-state index contributed by atoms with van der Waals surface area (Å²) in [5.74, 6) is -6.63. The number of ether oxygens (including phenoxy) is 3. The number of benzene rings is 1. The maximum atomic E-state index is 14.6. The van der Waals surface area contributed by atoms with Crippen LogP contribution in [-0.2, 0) is 4.74 Å². The van der Waals surface area contributed by atoms with Crippen LogP contribution in [0, 0.1) is 5.82 Å². The van der Waals surface area contributed by atoms with Crippen molar-refractivity contribution in [2.24, 2.45) is 0 Å². The largest absolute Gasteiger partial charge is 0.492 e. The highest BCUT2D eigenvalue weighted by Gasteiger charge is 2.28. The number of anilines is 1. The summed E-state index contributed by atoms with van der Waals surface area (Å²) in [6.45, 7) is -0.460. The fraction of sp³-hybridized carbons (Fsp3) is 0.312. The number of carbonyl (C=O) groups excluding carboxylic acids is 1. The van der Waals surface area contributed by atoms with Crippen molar-refractivity contribution in [1.29, 1.82) is 0 Å². The summed E-state index contributed by atoms with van der Waals surface area (Å²) >= 11 is 5.84. The number of carbonyl (C=O) groups is 1. The number of hydrogen-bond acceptors (Lipinski definition) is 7. The van der Waals surface area contributed by atoms with Gasteiger partial charge < -0.3 is 19.9 Å². The molecule has 27 heavy (non-hydrogen) atoms. The number of methoxy groups -OCH3 is 2. The van der Waals surface area contributed by atoms with E-state index < -0.39 is 41.6 Å². The lowest BCUT2D eigenvalue weighted by molar-refractivity contribution is -0.0233. The predicted molar refractivity (Wildman–Crippen MR) is 90.9 cm³/mol. The number of nitrogens with zero attached hydrogens (tertiary/aromatic N) is 2. The van der Waals surface area contributed by atoms with Crippen molar-refractivity contribution in [2.75, 3.05) is 26.6 Å². The summed E-state index contributed by atoms with van der Waals surface area (Å²) in [7, 11) is 2.26. The Bertz CT molecular complexity index is 875. The lowest BCUT2D eigenvalue weighted by atomic mass is 10.1. The molecule has 0 bridgehead atoms. The van der Waals surface area contributed by atoms with Crippen molar-refractivity contribution < 1.29 is 32.2 Å². The molecular formula is C16H15ClF3N3O4. The lowest BCUT2D eigenvalue weighted by Crippen LogP contribution is -2.23. The van der Waals surface area contributed by atoms with Gasteiger partial charge in [-0.05, 0) is 12.1 Å². The van der Waals surface area contributed by atoms with E-state index in [0.717, 1.165) is 7.11 Å². The molecule has 0 radical (unpaired) electrons. The first kappa shape index (κ1) is 20.6. The number of nitrogens with two attached hydrogens (primary N) is 1. The van der Waals surface area contributed by atoms with Crippen LogP contribution in [0.1, 0.15) is 17.4 Å². The van der Waals surface area contributed by atoms with E-state index in [1.54, 1.807) is 0 Å². The van der Waals surface area contributed by atoms with Gasteiger partial charge in [-0.1, -0.05) is 11.6 Å². The van der Waals surface area contributed by atoms with E-state index >= 15 is 0 Å². The van der Waals surface area contributed by atoms with Gasteiger partial charge in [0.25, 0.3) is 5.92 Å². The third-order valence-corrected chi connectivity index (χ3v) is 3.53. The van der Waals surface area contributed by atoms with E-state index in [1.807, 2.05) is 0 Å². The van der Waals surface area contributed by atoms with Crippen LogP contribution in [0.3, 0.4) is 0 Å². The van der Waals surface area contributed by atoms with Crippen molar-refractivity contribution >= 4 is 23.4 Å². The third kappa shape index (κ3) is 4.51. The molecule has 2 aromatic rings. The van der Waals surface area contributed by atoms with E-state index in [1.165, 1.54) is 19.2 Å². The molecule has 2 rings (SSSR count). The number of esters is 1. The molecule has 1 heterocycles. The van der Waals surface area contributed by atoms with Crippen LogP contribution in [0.15, 0.2) is 12.1 Å². The molecule has 2 N–H and O–H groups in total. The minimum Gasteiger partial charge on any atom is -0.492 e. The molecule has 1 aromatic carbocycles. The molecule has 0 aliphatic heterocycles. The van der Waals surface area contributed by atoms with Gasteiger partial charge in [0.2, 0.25) is 0 Å². The topological polar surface area (TPSA) is 96.6 Å². The van der Waals surface area contributed by atoms with Gasteiger partial charge in [-0.25, -0.2) is 27.9 Å². The average Bonchev–Trinajstić information content (AvgIpc) is 2.59. The fourth-order valence-corrected chi connectivity index (χ4v) is 2.28. The maximum absolute atomic E-state index is 14.6. The standard InChI is InChI=1S/C16H15ClF3N3O4/c1-16(19,20)6-27-12-10(15(24)26-3)22-14(23-13(12)21)7-4-5-8(17)11(25-2)9(7)18/h4-5H,6H2,1-3H3,(H2,21,22,23). The molecular weight excluding hydrogens is 391 g/mol. The summed E-state index contributed by atoms with van der Waals surface area (Å²) in [6.07, 6.45) is 0. The van der Waals surface area contributed by atoms with E-state index in [2.05, 4.69) is 14.7 Å². The first-order valence-electron chi connectivity index (χ1n) is 7.37. The van der Waals surface area contributed by atoms with E-state index in [9.17, 15) is 18.0 Å². The molecule has 0 spiro atoms. The number of aromatic nitrogens is 2. The van der Waals surface area contributed by atoms with Gasteiger partial charge in [0.05, 0.1) is 24.8 Å². The zero-order valence-electron chi connectivity index (χ0n) is 14.5. The fourth-order valence-electron chi connectivity index (χ4n) is 2.06. The Labute approximate surface area is 157 Å². The van der Waals surface area contributed by atoms with Crippen LogP contribution in [-0.4, -0.2) is 42.7 Å². The Morgan fingerprint density at radius 2 is 1.93 bits per heavy atom. The number of nitrogen functional groups attached to an aromatic ring is 1. The van der Waals surface area contributed by atoms with Gasteiger partial charge in [0.1, 0.15) is 0 Å². The summed E-state index contributed by atoms with van der Waals surface area (Å²) < 4.78 is 55.1. The normalized spacial score (nSPS) is 11.2. The minimum atomic E-state index is -3.20. The maximum Gasteiger partial charge on any atom is 0.360 e. The van der Waals surface area contributed by atoms with Crippen LogP contribution in [0.5, 0.6) is 11.5 Å². The van der Waals surface area contributed by atoms with Crippen molar-refractivity contribution in [3.8, 4) is 22.9 Å². The molecule has 0 aliphatic carbocycles. The first-order chi connectivity index (χ1) is 12.6. The highest BCUT2D eigenvalue weighted by atomic mass is 35.5. The molecule has 146 valence electrons. The van der Waals surface area contributed by atoms with E-state index in [0.29, 0.717) is 6.92 Å². The van der Waals surface area contributed by atoms with Gasteiger partial charge in [-0.15, -0.1) is 0 Å². The SMILES string of the molecule is COC(=O)c1nc(-c2ccc(Cl)c(OC)c2F)nc(N)c1OCC(C)(F)F. The molecule has 0 fully saturated rings. The lowest BCUT2D eigenvalue weighted by Gasteiger charge is -2.16. The quantitative estimate of drug-likeness (QED) is 0.736. The second kappa shape index (κ2) is 7.87. The molecule has 7 nitrogen and oxygen atoms in total. The highest BCUT2D eigenvalue weighted by Crippen LogP contribution is 2.35. The van der Waals surface area contributed by atoms with Gasteiger partial charge >= 0.3 is 5.97 Å². The van der Waals surface area contributed by atoms with Crippen molar-refractivity contribution in [3.05, 3.63) is 28.7 Å². The minimum absolute atomic E-state index is 0.00467. The molecule has 0 saturated carbocycles. The first-order valence-corrected chi connectivity index (χ1v) is 7.75. The van der Waals surface area contributed by atoms with E-state index in [-0.39, 0.29) is 22.2 Å². The molecule has 0 amide bonds. The van der Waals surface area contributed by atoms with Gasteiger partial charge in [-0.3, -0.25) is 0 Å². The summed E-state index contributed by atoms with van der Waals surface area (Å²) in [5, 5.41) is 0.00467. The number of halogens is 4. The Morgan fingerprint density at radius 1 is 1.26 bits per heavy atom. The Morgan fingerprint density at radius 3 is 2.48 bits per heavy atom. The van der Waals surface area contributed by atoms with Gasteiger partial charge in [0.15, 0.2) is 41.3 Å². The zero-order valence-corrected chi connectivity index (χ0v) is 15.2. The predicted octanol–water partition coefficient (Wildman–Crippen LogP) is 3.35. The molecule has 0 atom stereocenters. The summed E-state index contributed by atoms with van der Waals surface area (Å²) in [5.41, 5.74) is 5.01. The van der Waals surface area contributed by atoms with Crippen LogP contribution >= 0.6 is 11.6 Å². The number of rotatable bonds is 6. The van der Waals surface area contributed by atoms with Crippen LogP contribution in [0.2, 0.25) is 5.02 Å². The second-order valence-electron chi connectivity index (χ2n) is 5.40. The smallest absolute Gasteiger partial charge is 0.360 e. The molecule has 0 saturated heterocycles. The Balaban J connectivity index is 2.61. The number of hydrogen-bond donors (Lipinski definition) is 1.